The van der Waals surface area contributed by atoms with Gasteiger partial charge < -0.3 is 10.0 Å². The molecule has 1 saturated carbocycles. The number of H-pyrrole nitrogens is 1. The topological polar surface area (TPSA) is 72.5 Å². The van der Waals surface area contributed by atoms with Gasteiger partial charge >= 0.3 is 0 Å². The van der Waals surface area contributed by atoms with Gasteiger partial charge in [-0.2, -0.15) is 5.10 Å². The minimum Gasteiger partial charge on any atom is -0.379 e. The Kier molecular flexibility index (Phi) is 4.95. The minimum absolute atomic E-state index is 0.0366. The molecular weight excluding hydrogens is 316 g/mol. The van der Waals surface area contributed by atoms with Crippen LogP contribution >= 0.6 is 0 Å². The van der Waals surface area contributed by atoms with E-state index in [1.807, 2.05) is 16.8 Å². The molecular formula is C19H32N4O2. The normalized spacial score (nSPS) is 25.0. The van der Waals surface area contributed by atoms with Crippen LogP contribution in [-0.2, 0) is 11.3 Å². The number of likely N-dealkylation sites (N-methyl/N-ethyl adjacent to an activating group) is 1. The number of aliphatic hydroxyl groups is 1. The van der Waals surface area contributed by atoms with Crippen molar-refractivity contribution in [3.05, 3.63) is 17.5 Å². The van der Waals surface area contributed by atoms with Crippen LogP contribution in [0.3, 0.4) is 0 Å². The minimum atomic E-state index is -1.28. The number of aromatic nitrogens is 2. The van der Waals surface area contributed by atoms with E-state index in [4.69, 9.17) is 0 Å². The third-order valence-electron chi connectivity index (χ3n) is 4.99. The number of carbonyl (C=O) groups is 1. The number of nitrogens with zero attached hydrogens (tertiary/aromatic N) is 3. The number of carbonyl (C=O) groups excluding carboxylic acids is 1. The Morgan fingerprint density at radius 1 is 1.44 bits per heavy atom. The number of hydrogen-bond donors (Lipinski definition) is 2. The quantitative estimate of drug-likeness (QED) is 0.826. The van der Waals surface area contributed by atoms with Gasteiger partial charge in [-0.3, -0.25) is 14.8 Å². The molecule has 0 bridgehead atoms. The lowest BCUT2D eigenvalue weighted by Gasteiger charge is -2.42. The monoisotopic (exact) mass is 348 g/mol. The molecule has 1 aliphatic carbocycles. The first-order valence-electron chi connectivity index (χ1n) is 9.41. The van der Waals surface area contributed by atoms with Crippen molar-refractivity contribution in [2.45, 2.75) is 64.5 Å². The van der Waals surface area contributed by atoms with Crippen molar-refractivity contribution in [3.63, 3.8) is 0 Å². The molecule has 25 heavy (non-hydrogen) atoms. The van der Waals surface area contributed by atoms with E-state index in [-0.39, 0.29) is 11.3 Å². The molecule has 6 heteroatoms. The lowest BCUT2D eigenvalue weighted by molar-refractivity contribution is -0.160. The Hall–Kier alpha value is -1.40. The van der Waals surface area contributed by atoms with Crippen molar-refractivity contribution in [3.8, 4) is 0 Å². The van der Waals surface area contributed by atoms with Gasteiger partial charge in [0.15, 0.2) is 5.60 Å². The van der Waals surface area contributed by atoms with Gasteiger partial charge in [0.05, 0.1) is 5.69 Å². The first-order valence-corrected chi connectivity index (χ1v) is 9.41. The second-order valence-electron chi connectivity index (χ2n) is 9.19. The fraction of sp³-hybridized carbons (Fsp3) is 0.789. The van der Waals surface area contributed by atoms with E-state index in [1.165, 1.54) is 12.8 Å². The van der Waals surface area contributed by atoms with Gasteiger partial charge in [-0.25, -0.2) is 0 Å². The van der Waals surface area contributed by atoms with Gasteiger partial charge in [0.25, 0.3) is 5.91 Å². The van der Waals surface area contributed by atoms with E-state index in [0.717, 1.165) is 24.4 Å². The van der Waals surface area contributed by atoms with Gasteiger partial charge in [-0.1, -0.05) is 20.8 Å². The van der Waals surface area contributed by atoms with Crippen molar-refractivity contribution >= 4 is 5.91 Å². The number of likely N-dealkylation sites (tertiary alicyclic amines) is 1. The highest BCUT2D eigenvalue weighted by Gasteiger charge is 2.43. The number of piperidine rings is 1. The van der Waals surface area contributed by atoms with Crippen molar-refractivity contribution in [1.82, 2.24) is 20.0 Å². The third kappa shape index (κ3) is 4.61. The zero-order valence-electron chi connectivity index (χ0n) is 16.0. The average molecular weight is 348 g/mol. The number of hydrogen-bond acceptors (Lipinski definition) is 4. The van der Waals surface area contributed by atoms with Crippen molar-refractivity contribution in [2.24, 2.45) is 5.41 Å². The molecule has 0 unspecified atom stereocenters. The summed E-state index contributed by atoms with van der Waals surface area (Å²) in [6.45, 7) is 8.80. The summed E-state index contributed by atoms with van der Waals surface area (Å²) >= 11 is 0. The molecule has 1 atom stereocenters. The molecule has 140 valence electrons. The summed E-state index contributed by atoms with van der Waals surface area (Å²) in [4.78, 5) is 16.7. The lowest BCUT2D eigenvalue weighted by Crippen LogP contribution is -2.59. The third-order valence-corrected chi connectivity index (χ3v) is 4.99. The molecule has 2 aliphatic rings. The van der Waals surface area contributed by atoms with Crippen LogP contribution in [0.25, 0.3) is 0 Å². The zero-order valence-corrected chi connectivity index (χ0v) is 16.0. The van der Waals surface area contributed by atoms with Crippen molar-refractivity contribution < 1.29 is 9.90 Å². The summed E-state index contributed by atoms with van der Waals surface area (Å²) in [6.07, 6.45) is 3.85. The van der Waals surface area contributed by atoms with Crippen LogP contribution in [0.4, 0.5) is 0 Å². The van der Waals surface area contributed by atoms with E-state index < -0.39 is 5.60 Å². The molecule has 3 rings (SSSR count). The number of amides is 1. The fourth-order valence-corrected chi connectivity index (χ4v) is 3.78. The summed E-state index contributed by atoms with van der Waals surface area (Å²) in [5, 5.41) is 18.5. The average Bonchev–Trinajstić information content (AvgIpc) is 3.23. The van der Waals surface area contributed by atoms with Crippen LogP contribution in [0.1, 0.15) is 63.8 Å². The number of aromatic amines is 1. The maximum Gasteiger partial charge on any atom is 0.255 e. The summed E-state index contributed by atoms with van der Waals surface area (Å²) in [6, 6.07) is 2.12. The molecule has 1 aromatic rings. The molecule has 1 aromatic heterocycles. The smallest absolute Gasteiger partial charge is 0.255 e. The number of rotatable bonds is 6. The van der Waals surface area contributed by atoms with E-state index >= 15 is 0 Å². The first-order chi connectivity index (χ1) is 11.7. The molecule has 1 aliphatic heterocycles. The highest BCUT2D eigenvalue weighted by atomic mass is 16.3. The summed E-state index contributed by atoms with van der Waals surface area (Å²) in [5.74, 6) is 0.508. The van der Waals surface area contributed by atoms with Gasteiger partial charge in [-0.05, 0) is 44.2 Å². The molecule has 0 spiro atoms. The van der Waals surface area contributed by atoms with Crippen LogP contribution in [0, 0.1) is 5.41 Å². The van der Waals surface area contributed by atoms with E-state index in [2.05, 4.69) is 37.0 Å². The van der Waals surface area contributed by atoms with Gasteiger partial charge in [0.1, 0.15) is 0 Å². The number of nitrogens with one attached hydrogen (secondary N) is 1. The standard InChI is InChI=1S/C19H32N4O2/c1-18(2,3)12-23-9-5-8-19(25,17(23)24)13-22(4)11-15-10-16(21-20-15)14-6-7-14/h10,14,25H,5-9,11-13H2,1-4H3,(H,20,21)/t19-/m1/s1. The summed E-state index contributed by atoms with van der Waals surface area (Å²) < 4.78 is 0. The van der Waals surface area contributed by atoms with E-state index in [0.29, 0.717) is 32.0 Å². The molecule has 1 saturated heterocycles. The molecule has 0 aromatic carbocycles. The van der Waals surface area contributed by atoms with Gasteiger partial charge in [-0.15, -0.1) is 0 Å². The van der Waals surface area contributed by atoms with Crippen LogP contribution in [0.5, 0.6) is 0 Å². The zero-order chi connectivity index (χ0) is 18.2. The Morgan fingerprint density at radius 2 is 2.16 bits per heavy atom. The highest BCUT2D eigenvalue weighted by molar-refractivity contribution is 5.86. The molecule has 0 radical (unpaired) electrons. The first kappa shape index (κ1) is 18.4. The fourth-order valence-electron chi connectivity index (χ4n) is 3.78. The van der Waals surface area contributed by atoms with Gasteiger partial charge in [0.2, 0.25) is 0 Å². The molecule has 2 N–H and O–H groups in total. The molecule has 6 nitrogen and oxygen atoms in total. The largest absolute Gasteiger partial charge is 0.379 e. The predicted molar refractivity (Wildman–Crippen MR) is 97.1 cm³/mol. The molecule has 2 heterocycles. The molecule has 2 fully saturated rings. The van der Waals surface area contributed by atoms with Crippen LogP contribution in [-0.4, -0.2) is 63.3 Å². The SMILES string of the molecule is CN(Cc1cc(C2CC2)n[nH]1)C[C@]1(O)CCCN(CC(C)(C)C)C1=O. The Bertz CT molecular complexity index is 617. The summed E-state index contributed by atoms with van der Waals surface area (Å²) in [7, 11) is 1.95. The Labute approximate surface area is 150 Å². The van der Waals surface area contributed by atoms with E-state index in [9.17, 15) is 9.90 Å². The van der Waals surface area contributed by atoms with Crippen molar-refractivity contribution in [2.75, 3.05) is 26.7 Å². The highest BCUT2D eigenvalue weighted by Crippen LogP contribution is 2.39. The van der Waals surface area contributed by atoms with Crippen molar-refractivity contribution in [1.29, 1.82) is 0 Å². The van der Waals surface area contributed by atoms with E-state index in [1.54, 1.807) is 0 Å². The second-order valence-corrected chi connectivity index (χ2v) is 9.19. The maximum atomic E-state index is 12.8. The van der Waals surface area contributed by atoms with Crippen LogP contribution in [0.2, 0.25) is 0 Å². The van der Waals surface area contributed by atoms with Gasteiger partial charge in [0, 0.05) is 37.8 Å². The molecule has 1 amide bonds. The summed E-state index contributed by atoms with van der Waals surface area (Å²) in [5.41, 5.74) is 0.946. The van der Waals surface area contributed by atoms with Crippen LogP contribution in [0.15, 0.2) is 6.07 Å². The Morgan fingerprint density at radius 3 is 2.80 bits per heavy atom. The lowest BCUT2D eigenvalue weighted by atomic mass is 9.88. The second kappa shape index (κ2) is 6.72. The maximum absolute atomic E-state index is 12.8. The predicted octanol–water partition coefficient (Wildman–Crippen LogP) is 2.12. The Balaban J connectivity index is 1.59. The van der Waals surface area contributed by atoms with Crippen LogP contribution < -0.4 is 0 Å².